The smallest absolute Gasteiger partial charge is 0.197 e. The third kappa shape index (κ3) is 2.69. The minimum Gasteiger partial charge on any atom is -0.504 e. The van der Waals surface area contributed by atoms with E-state index in [1.165, 1.54) is 0 Å². The molecule has 0 saturated heterocycles. The normalized spacial score (nSPS) is 27.6. The van der Waals surface area contributed by atoms with E-state index in [2.05, 4.69) is 25.9 Å². The van der Waals surface area contributed by atoms with Crippen LogP contribution in [0.1, 0.15) is 37.3 Å². The maximum absolute atomic E-state index is 12.8. The fraction of sp³-hybridized carbons (Fsp3) is 0.571. The Balaban J connectivity index is 2.30. The van der Waals surface area contributed by atoms with E-state index in [9.17, 15) is 9.90 Å². The Morgan fingerprint density at radius 2 is 2.00 bits per heavy atom. The van der Waals surface area contributed by atoms with Crippen molar-refractivity contribution in [3.63, 3.8) is 0 Å². The lowest BCUT2D eigenvalue weighted by Gasteiger charge is -2.52. The zero-order valence-corrected chi connectivity index (χ0v) is 16.3. The summed E-state index contributed by atoms with van der Waals surface area (Å²) >= 11 is 0. The van der Waals surface area contributed by atoms with Crippen molar-refractivity contribution in [1.82, 2.24) is 4.90 Å². The first-order valence-corrected chi connectivity index (χ1v) is 9.24. The predicted octanol–water partition coefficient (Wildman–Crippen LogP) is 3.04. The van der Waals surface area contributed by atoms with E-state index in [4.69, 9.17) is 9.47 Å². The van der Waals surface area contributed by atoms with Gasteiger partial charge in [-0.15, -0.1) is 0 Å². The summed E-state index contributed by atoms with van der Waals surface area (Å²) in [6, 6.07) is 4.10. The third-order valence-electron chi connectivity index (χ3n) is 6.09. The van der Waals surface area contributed by atoms with E-state index >= 15 is 0 Å². The second-order valence-electron chi connectivity index (χ2n) is 7.65. The number of carbonyl (C=O) groups is 1. The van der Waals surface area contributed by atoms with Gasteiger partial charge in [0.25, 0.3) is 0 Å². The molecule has 0 saturated carbocycles. The highest BCUT2D eigenvalue weighted by atomic mass is 16.5. The largest absolute Gasteiger partial charge is 0.504 e. The van der Waals surface area contributed by atoms with Gasteiger partial charge in [-0.1, -0.05) is 19.4 Å². The summed E-state index contributed by atoms with van der Waals surface area (Å²) in [5.41, 5.74) is 1.56. The zero-order chi connectivity index (χ0) is 19.1. The fourth-order valence-electron chi connectivity index (χ4n) is 5.01. The molecule has 3 rings (SSSR count). The van der Waals surface area contributed by atoms with Crippen molar-refractivity contribution in [2.75, 3.05) is 28.3 Å². The molecule has 0 amide bonds. The number of methoxy groups -OCH3 is 2. The molecule has 1 aromatic rings. The van der Waals surface area contributed by atoms with Crippen LogP contribution in [0.15, 0.2) is 24.0 Å². The van der Waals surface area contributed by atoms with Gasteiger partial charge in [-0.05, 0) is 44.6 Å². The second kappa shape index (κ2) is 6.95. The summed E-state index contributed by atoms with van der Waals surface area (Å²) < 4.78 is 10.7. The van der Waals surface area contributed by atoms with Crippen molar-refractivity contribution >= 4 is 5.78 Å². The molecule has 26 heavy (non-hydrogen) atoms. The molecule has 5 heteroatoms. The number of phenolic OH excluding ortho intramolecular Hbond substituents is 1. The number of fused-ring (bicyclic) bond motifs is 3. The van der Waals surface area contributed by atoms with Crippen LogP contribution in [0.25, 0.3) is 0 Å². The predicted molar refractivity (Wildman–Crippen MR) is 101 cm³/mol. The van der Waals surface area contributed by atoms with Gasteiger partial charge < -0.3 is 19.5 Å². The number of aromatic hydroxyl groups is 1. The first kappa shape index (κ1) is 18.8. The highest BCUT2D eigenvalue weighted by Gasteiger charge is 2.53. The summed E-state index contributed by atoms with van der Waals surface area (Å²) in [6.07, 6.45) is 4.92. The van der Waals surface area contributed by atoms with Gasteiger partial charge in [-0.25, -0.2) is 0 Å². The summed E-state index contributed by atoms with van der Waals surface area (Å²) in [7, 11) is 7.27. The lowest BCUT2D eigenvalue weighted by atomic mass is 9.55. The average molecular weight is 359 g/mol. The second-order valence-corrected chi connectivity index (χ2v) is 7.65. The van der Waals surface area contributed by atoms with Gasteiger partial charge in [0.1, 0.15) is 0 Å². The molecule has 5 nitrogen and oxygen atoms in total. The van der Waals surface area contributed by atoms with Crippen LogP contribution in [0.5, 0.6) is 11.5 Å². The molecule has 0 spiro atoms. The molecule has 0 bridgehead atoms. The van der Waals surface area contributed by atoms with Gasteiger partial charge in [-0.3, -0.25) is 4.79 Å². The highest BCUT2D eigenvalue weighted by molar-refractivity contribution is 5.96. The number of Topliss-reactive ketones (excluding diaryl/α,β-unsaturated/α-hetero) is 1. The van der Waals surface area contributed by atoms with Gasteiger partial charge in [0, 0.05) is 29.4 Å². The summed E-state index contributed by atoms with van der Waals surface area (Å²) in [5.74, 6) is 1.19. The molecule has 142 valence electrons. The Hall–Kier alpha value is -2.01. The molecule has 3 atom stereocenters. The van der Waals surface area contributed by atoms with E-state index in [-0.39, 0.29) is 23.5 Å². The molecule has 0 fully saturated rings. The van der Waals surface area contributed by atoms with Crippen molar-refractivity contribution in [2.45, 2.75) is 44.1 Å². The molecule has 0 radical (unpaired) electrons. The number of benzene rings is 1. The van der Waals surface area contributed by atoms with E-state index in [0.29, 0.717) is 17.9 Å². The Labute approximate surface area is 155 Å². The minimum absolute atomic E-state index is 0.00442. The molecule has 0 heterocycles. The number of allylic oxidation sites excluding steroid dienone is 1. The van der Waals surface area contributed by atoms with E-state index < -0.39 is 5.41 Å². The Kier molecular flexibility index (Phi) is 5.02. The van der Waals surface area contributed by atoms with Crippen molar-refractivity contribution in [1.29, 1.82) is 0 Å². The molecule has 0 aliphatic heterocycles. The van der Waals surface area contributed by atoms with Crippen LogP contribution in [0.4, 0.5) is 0 Å². The highest BCUT2D eigenvalue weighted by Crippen LogP contribution is 2.56. The van der Waals surface area contributed by atoms with Gasteiger partial charge in [-0.2, -0.15) is 0 Å². The van der Waals surface area contributed by atoms with E-state index in [0.717, 1.165) is 30.4 Å². The number of carbonyl (C=O) groups excluding carboxylic acids is 1. The van der Waals surface area contributed by atoms with Crippen LogP contribution in [0, 0.1) is 5.92 Å². The van der Waals surface area contributed by atoms with Crippen LogP contribution in [-0.2, 0) is 21.4 Å². The van der Waals surface area contributed by atoms with Crippen molar-refractivity contribution < 1.29 is 19.4 Å². The van der Waals surface area contributed by atoms with Crippen molar-refractivity contribution in [3.8, 4) is 11.5 Å². The number of nitrogens with zero attached hydrogens (tertiary/aromatic N) is 1. The summed E-state index contributed by atoms with van der Waals surface area (Å²) in [6.45, 7) is 2.13. The monoisotopic (exact) mass is 359 g/mol. The molecule has 2 aliphatic rings. The molecule has 0 aromatic heterocycles. The minimum atomic E-state index is -0.436. The fourth-order valence-corrected chi connectivity index (χ4v) is 5.01. The van der Waals surface area contributed by atoms with Crippen molar-refractivity contribution in [3.05, 3.63) is 35.1 Å². The number of phenols is 1. The number of ketones is 1. The molecule has 2 unspecified atom stereocenters. The topological polar surface area (TPSA) is 59.0 Å². The van der Waals surface area contributed by atoms with E-state index in [1.807, 2.05) is 18.2 Å². The first-order chi connectivity index (χ1) is 12.4. The lowest BCUT2D eigenvalue weighted by Crippen LogP contribution is -2.54. The molecule has 1 N–H and O–H groups in total. The molecular formula is C21H29NO4. The van der Waals surface area contributed by atoms with Crippen LogP contribution in [-0.4, -0.2) is 50.1 Å². The SMILES string of the molecule is CCC[C@@]12CC(=O)C(OC)=CC1C(N(C)C)Cc1ccc(OC)c(O)c12. The van der Waals surface area contributed by atoms with Crippen LogP contribution < -0.4 is 4.74 Å². The number of hydrogen-bond donors (Lipinski definition) is 1. The van der Waals surface area contributed by atoms with Gasteiger partial charge >= 0.3 is 0 Å². The number of rotatable bonds is 5. The van der Waals surface area contributed by atoms with Crippen LogP contribution in [0.2, 0.25) is 0 Å². The Morgan fingerprint density at radius 3 is 2.58 bits per heavy atom. The quantitative estimate of drug-likeness (QED) is 0.876. The standard InChI is InChI=1S/C21H29NO4/c1-6-9-21-12-16(23)18(26-5)11-14(21)15(22(2)3)10-13-7-8-17(25-4)20(24)19(13)21/h7-8,11,14-15,24H,6,9-10,12H2,1-5H3/t14?,15?,21-/m1/s1. The third-order valence-corrected chi connectivity index (χ3v) is 6.09. The Morgan fingerprint density at radius 1 is 1.27 bits per heavy atom. The summed E-state index contributed by atoms with van der Waals surface area (Å²) in [5, 5.41) is 11.0. The van der Waals surface area contributed by atoms with Gasteiger partial charge in [0.2, 0.25) is 0 Å². The van der Waals surface area contributed by atoms with Crippen LogP contribution in [0.3, 0.4) is 0 Å². The maximum Gasteiger partial charge on any atom is 0.197 e. The van der Waals surface area contributed by atoms with E-state index in [1.54, 1.807) is 14.2 Å². The zero-order valence-electron chi connectivity index (χ0n) is 16.3. The van der Waals surface area contributed by atoms with Crippen molar-refractivity contribution in [2.24, 2.45) is 5.92 Å². The molecule has 1 aromatic carbocycles. The van der Waals surface area contributed by atoms with Gasteiger partial charge in [0.05, 0.1) is 14.2 Å². The first-order valence-electron chi connectivity index (χ1n) is 9.24. The van der Waals surface area contributed by atoms with Gasteiger partial charge in [0.15, 0.2) is 23.0 Å². The summed E-state index contributed by atoms with van der Waals surface area (Å²) in [4.78, 5) is 15.0. The average Bonchev–Trinajstić information content (AvgIpc) is 2.60. The number of hydrogen-bond acceptors (Lipinski definition) is 5. The molecule has 2 aliphatic carbocycles. The molecular weight excluding hydrogens is 330 g/mol. The lowest BCUT2D eigenvalue weighted by molar-refractivity contribution is -0.121. The van der Waals surface area contributed by atoms with Crippen LogP contribution >= 0.6 is 0 Å². The number of likely N-dealkylation sites (N-methyl/N-ethyl adjacent to an activating group) is 1. The maximum atomic E-state index is 12.8. The Bertz CT molecular complexity index is 740. The number of ether oxygens (including phenoxy) is 2.